The number of aliphatic hydroxyl groups is 2. The number of methoxy groups -OCH3 is 1. The first-order valence-corrected chi connectivity index (χ1v) is 8.70. The van der Waals surface area contributed by atoms with Gasteiger partial charge in [0.1, 0.15) is 6.10 Å². The minimum Gasteiger partial charge on any atom is -0.391 e. The van der Waals surface area contributed by atoms with E-state index >= 15 is 0 Å². The molecule has 0 radical (unpaired) electrons. The predicted molar refractivity (Wildman–Crippen MR) is 94.2 cm³/mol. The fraction of sp³-hybridized carbons (Fsp3) is 1.00. The molecule has 0 saturated carbocycles. The molecule has 24 heavy (non-hydrogen) atoms. The predicted octanol–water partition coefficient (Wildman–Crippen LogP) is 1.87. The molecule has 146 valence electrons. The Morgan fingerprint density at radius 1 is 0.708 bits per heavy atom. The number of ether oxygens (including phenoxy) is 4. The Morgan fingerprint density at radius 3 is 1.46 bits per heavy atom. The van der Waals surface area contributed by atoms with E-state index in [0.29, 0.717) is 39.5 Å². The molecule has 0 spiro atoms. The molecular formula is C18H38O6. The minimum absolute atomic E-state index is 0.0717. The van der Waals surface area contributed by atoms with E-state index in [1.807, 2.05) is 20.8 Å². The van der Waals surface area contributed by atoms with Gasteiger partial charge in [0.25, 0.3) is 0 Å². The normalized spacial score (nSPS) is 15.5. The second kappa shape index (κ2) is 12.2. The SMILES string of the molecule is CCC(O)COCC(C)(C)COCC(O)COCC(C)(C)COC. The third-order valence-corrected chi connectivity index (χ3v) is 3.42. The van der Waals surface area contributed by atoms with Gasteiger partial charge in [-0.1, -0.05) is 34.6 Å². The summed E-state index contributed by atoms with van der Waals surface area (Å²) in [4.78, 5) is 0. The first-order valence-electron chi connectivity index (χ1n) is 8.70. The van der Waals surface area contributed by atoms with E-state index in [1.54, 1.807) is 7.11 Å². The molecule has 0 aromatic heterocycles. The molecule has 0 rings (SSSR count). The molecule has 2 unspecified atom stereocenters. The number of hydrogen-bond donors (Lipinski definition) is 2. The van der Waals surface area contributed by atoms with E-state index in [-0.39, 0.29) is 24.0 Å². The molecule has 0 aliphatic rings. The Labute approximate surface area is 147 Å². The van der Waals surface area contributed by atoms with Gasteiger partial charge in [0.05, 0.1) is 52.4 Å². The molecule has 0 bridgehead atoms. The van der Waals surface area contributed by atoms with Crippen molar-refractivity contribution in [2.24, 2.45) is 10.8 Å². The van der Waals surface area contributed by atoms with Crippen LogP contribution in [-0.4, -0.2) is 75.8 Å². The average Bonchev–Trinajstić information content (AvgIpc) is 2.46. The van der Waals surface area contributed by atoms with Gasteiger partial charge in [-0.3, -0.25) is 0 Å². The minimum atomic E-state index is -0.651. The molecule has 0 heterocycles. The first-order chi connectivity index (χ1) is 11.1. The quantitative estimate of drug-likeness (QED) is 0.469. The molecule has 0 aliphatic carbocycles. The highest BCUT2D eigenvalue weighted by atomic mass is 16.5. The molecule has 0 saturated heterocycles. The zero-order valence-electron chi connectivity index (χ0n) is 16.3. The van der Waals surface area contributed by atoms with Crippen LogP contribution < -0.4 is 0 Å². The van der Waals surface area contributed by atoms with Crippen LogP contribution in [-0.2, 0) is 18.9 Å². The van der Waals surface area contributed by atoms with Crippen LogP contribution >= 0.6 is 0 Å². The van der Waals surface area contributed by atoms with Gasteiger partial charge in [0, 0.05) is 17.9 Å². The summed E-state index contributed by atoms with van der Waals surface area (Å²) in [5.41, 5.74) is -0.244. The molecule has 2 atom stereocenters. The van der Waals surface area contributed by atoms with E-state index in [9.17, 15) is 10.2 Å². The van der Waals surface area contributed by atoms with Crippen molar-refractivity contribution in [1.82, 2.24) is 0 Å². The van der Waals surface area contributed by atoms with Crippen molar-refractivity contribution in [2.75, 3.05) is 53.4 Å². The van der Waals surface area contributed by atoms with Crippen LogP contribution in [0.2, 0.25) is 0 Å². The Hall–Kier alpha value is -0.240. The summed E-state index contributed by atoms with van der Waals surface area (Å²) in [6, 6.07) is 0. The maximum atomic E-state index is 9.91. The van der Waals surface area contributed by atoms with E-state index in [1.165, 1.54) is 0 Å². The zero-order valence-corrected chi connectivity index (χ0v) is 16.3. The monoisotopic (exact) mass is 350 g/mol. The molecule has 0 aliphatic heterocycles. The van der Waals surface area contributed by atoms with Gasteiger partial charge >= 0.3 is 0 Å². The fourth-order valence-corrected chi connectivity index (χ4v) is 2.05. The van der Waals surface area contributed by atoms with Gasteiger partial charge in [0.2, 0.25) is 0 Å². The van der Waals surface area contributed by atoms with E-state index in [4.69, 9.17) is 18.9 Å². The van der Waals surface area contributed by atoms with Crippen LogP contribution in [0.5, 0.6) is 0 Å². The summed E-state index contributed by atoms with van der Waals surface area (Å²) in [7, 11) is 1.67. The lowest BCUT2D eigenvalue weighted by Gasteiger charge is -2.26. The van der Waals surface area contributed by atoms with Crippen LogP contribution in [0, 0.1) is 10.8 Å². The Morgan fingerprint density at radius 2 is 1.08 bits per heavy atom. The lowest BCUT2D eigenvalue weighted by Crippen LogP contribution is -2.32. The lowest BCUT2D eigenvalue weighted by atomic mass is 9.96. The molecule has 6 heteroatoms. The average molecular weight is 350 g/mol. The molecule has 0 aromatic rings. The fourth-order valence-electron chi connectivity index (χ4n) is 2.05. The van der Waals surface area contributed by atoms with Crippen molar-refractivity contribution in [1.29, 1.82) is 0 Å². The third kappa shape index (κ3) is 13.1. The molecule has 0 fully saturated rings. The highest BCUT2D eigenvalue weighted by Crippen LogP contribution is 2.17. The summed E-state index contributed by atoms with van der Waals surface area (Å²) in [5, 5.41) is 19.4. The molecular weight excluding hydrogens is 312 g/mol. The maximum absolute atomic E-state index is 9.91. The van der Waals surface area contributed by atoms with E-state index < -0.39 is 12.2 Å². The zero-order chi connectivity index (χ0) is 18.6. The Kier molecular flexibility index (Phi) is 12.0. The second-order valence-corrected chi connectivity index (χ2v) is 8.02. The van der Waals surface area contributed by atoms with Crippen LogP contribution in [0.3, 0.4) is 0 Å². The van der Waals surface area contributed by atoms with Crippen LogP contribution in [0.25, 0.3) is 0 Å². The van der Waals surface area contributed by atoms with E-state index in [0.717, 1.165) is 0 Å². The number of aliphatic hydroxyl groups excluding tert-OH is 2. The van der Waals surface area contributed by atoms with Gasteiger partial charge in [-0.05, 0) is 6.42 Å². The topological polar surface area (TPSA) is 77.4 Å². The van der Waals surface area contributed by atoms with Gasteiger partial charge in [-0.15, -0.1) is 0 Å². The van der Waals surface area contributed by atoms with Crippen LogP contribution in [0.1, 0.15) is 41.0 Å². The summed E-state index contributed by atoms with van der Waals surface area (Å²) < 4.78 is 21.7. The lowest BCUT2D eigenvalue weighted by molar-refractivity contribution is -0.0697. The van der Waals surface area contributed by atoms with Gasteiger partial charge in [-0.25, -0.2) is 0 Å². The third-order valence-electron chi connectivity index (χ3n) is 3.42. The summed E-state index contributed by atoms with van der Waals surface area (Å²) in [5.74, 6) is 0. The van der Waals surface area contributed by atoms with Crippen LogP contribution in [0.15, 0.2) is 0 Å². The van der Waals surface area contributed by atoms with Crippen molar-refractivity contribution in [2.45, 2.75) is 53.2 Å². The van der Waals surface area contributed by atoms with E-state index in [2.05, 4.69) is 13.8 Å². The van der Waals surface area contributed by atoms with Crippen molar-refractivity contribution in [3.63, 3.8) is 0 Å². The number of rotatable bonds is 15. The van der Waals surface area contributed by atoms with Gasteiger partial charge < -0.3 is 29.2 Å². The Bertz CT molecular complexity index is 306. The van der Waals surface area contributed by atoms with Gasteiger partial charge in [-0.2, -0.15) is 0 Å². The van der Waals surface area contributed by atoms with Gasteiger partial charge in [0.15, 0.2) is 0 Å². The number of hydrogen-bond acceptors (Lipinski definition) is 6. The van der Waals surface area contributed by atoms with Crippen LogP contribution in [0.4, 0.5) is 0 Å². The first kappa shape index (κ1) is 23.8. The highest BCUT2D eigenvalue weighted by Gasteiger charge is 2.21. The van der Waals surface area contributed by atoms with Crippen molar-refractivity contribution >= 4 is 0 Å². The van der Waals surface area contributed by atoms with Crippen molar-refractivity contribution in [3.05, 3.63) is 0 Å². The largest absolute Gasteiger partial charge is 0.391 e. The standard InChI is InChI=1S/C18H38O6/c1-7-15(19)8-22-13-18(4,5)14-24-10-16(20)9-23-12-17(2,3)11-21-6/h15-16,19-20H,7-14H2,1-6H3. The molecule has 0 aromatic carbocycles. The molecule has 6 nitrogen and oxygen atoms in total. The summed E-state index contributed by atoms with van der Waals surface area (Å²) in [6.07, 6.45) is -0.380. The summed E-state index contributed by atoms with van der Waals surface area (Å²) in [6.45, 7) is 13.0. The molecule has 0 amide bonds. The second-order valence-electron chi connectivity index (χ2n) is 8.02. The maximum Gasteiger partial charge on any atom is 0.101 e. The van der Waals surface area contributed by atoms with Crippen molar-refractivity contribution < 1.29 is 29.2 Å². The van der Waals surface area contributed by atoms with Crippen molar-refractivity contribution in [3.8, 4) is 0 Å². The smallest absolute Gasteiger partial charge is 0.101 e. The highest BCUT2D eigenvalue weighted by molar-refractivity contribution is 4.69. The molecule has 2 N–H and O–H groups in total. The Balaban J connectivity index is 3.80. The summed E-state index contributed by atoms with van der Waals surface area (Å²) >= 11 is 0.